The number of H-pyrrole nitrogens is 1. The van der Waals surface area contributed by atoms with Gasteiger partial charge in [0.25, 0.3) is 5.91 Å². The van der Waals surface area contributed by atoms with Crippen molar-refractivity contribution >= 4 is 28.3 Å². The molecule has 3 heterocycles. The molecule has 26 heavy (non-hydrogen) atoms. The van der Waals surface area contributed by atoms with E-state index in [1.54, 1.807) is 0 Å². The van der Waals surface area contributed by atoms with Gasteiger partial charge in [0.2, 0.25) is 10.0 Å². The lowest BCUT2D eigenvalue weighted by molar-refractivity contribution is 0.0602. The third-order valence-electron chi connectivity index (χ3n) is 5.24. The quantitative estimate of drug-likeness (QED) is 0.599. The summed E-state index contributed by atoms with van der Waals surface area (Å²) in [6.45, 7) is 4.01. The molecule has 2 aliphatic rings. The van der Waals surface area contributed by atoms with Crippen LogP contribution in [0.25, 0.3) is 0 Å². The molecule has 2 aliphatic heterocycles. The van der Waals surface area contributed by atoms with E-state index < -0.39 is 10.0 Å². The van der Waals surface area contributed by atoms with Gasteiger partial charge in [0.15, 0.2) is 0 Å². The first kappa shape index (κ1) is 21.2. The summed E-state index contributed by atoms with van der Waals surface area (Å²) in [7, 11) is -2.13. The van der Waals surface area contributed by atoms with Crippen LogP contribution in [-0.2, 0) is 14.8 Å². The maximum absolute atomic E-state index is 12.6. The molecular weight excluding hydrogens is 380 g/mol. The number of halogens is 1. The predicted molar refractivity (Wildman–Crippen MR) is 100 cm³/mol. The number of sulfonamides is 1. The van der Waals surface area contributed by atoms with Crippen LogP contribution in [0.4, 0.5) is 0 Å². The Hall–Kier alpha value is -1.13. The van der Waals surface area contributed by atoms with Gasteiger partial charge in [-0.25, -0.2) is 13.1 Å². The Kier molecular flexibility index (Phi) is 7.09. The fourth-order valence-corrected chi connectivity index (χ4v) is 4.60. The summed E-state index contributed by atoms with van der Waals surface area (Å²) in [5, 5.41) is 3.41. The molecule has 0 saturated carbocycles. The second-order valence-corrected chi connectivity index (χ2v) is 8.63. The lowest BCUT2D eigenvalue weighted by atomic mass is 9.78. The minimum Gasteiger partial charge on any atom is -0.383 e. The normalized spacial score (nSPS) is 19.5. The summed E-state index contributed by atoms with van der Waals surface area (Å²) in [6, 6.07) is 1.40. The molecule has 1 amide bonds. The summed E-state index contributed by atoms with van der Waals surface area (Å²) >= 11 is 0. The Bertz CT molecular complexity index is 706. The maximum Gasteiger partial charge on any atom is 0.270 e. The van der Waals surface area contributed by atoms with Gasteiger partial charge in [0, 0.05) is 39.5 Å². The van der Waals surface area contributed by atoms with E-state index in [-0.39, 0.29) is 29.8 Å². The number of aromatic nitrogens is 1. The van der Waals surface area contributed by atoms with Crippen LogP contribution in [0.1, 0.15) is 29.8 Å². The average Bonchev–Trinajstić information content (AvgIpc) is 3.25. The zero-order valence-electron chi connectivity index (χ0n) is 14.9. The van der Waals surface area contributed by atoms with Crippen molar-refractivity contribution in [1.82, 2.24) is 19.9 Å². The molecule has 1 spiro atoms. The number of ether oxygens (including phenoxy) is 1. The van der Waals surface area contributed by atoms with E-state index in [0.29, 0.717) is 30.8 Å². The number of rotatable bonds is 6. The van der Waals surface area contributed by atoms with Crippen molar-refractivity contribution in [1.29, 1.82) is 0 Å². The molecule has 2 saturated heterocycles. The van der Waals surface area contributed by atoms with Crippen molar-refractivity contribution in [3.63, 3.8) is 0 Å². The topological polar surface area (TPSA) is 104 Å². The third kappa shape index (κ3) is 4.58. The molecule has 8 nitrogen and oxygen atoms in total. The Morgan fingerprint density at radius 2 is 2.08 bits per heavy atom. The van der Waals surface area contributed by atoms with Crippen LogP contribution in [0.2, 0.25) is 0 Å². The molecule has 3 rings (SSSR count). The number of carbonyl (C=O) groups is 1. The summed E-state index contributed by atoms with van der Waals surface area (Å²) in [5.74, 6) is -0.140. The van der Waals surface area contributed by atoms with E-state index >= 15 is 0 Å². The molecular formula is C16H27ClN4O4S. The molecule has 0 aliphatic carbocycles. The molecule has 0 bridgehead atoms. The second kappa shape index (κ2) is 8.71. The van der Waals surface area contributed by atoms with Gasteiger partial charge in [-0.15, -0.1) is 12.4 Å². The van der Waals surface area contributed by atoms with Gasteiger partial charge >= 0.3 is 0 Å². The van der Waals surface area contributed by atoms with Gasteiger partial charge in [-0.2, -0.15) is 0 Å². The number of carbonyl (C=O) groups excluding carboxylic acids is 1. The van der Waals surface area contributed by atoms with Crippen molar-refractivity contribution in [3.8, 4) is 0 Å². The van der Waals surface area contributed by atoms with Crippen molar-refractivity contribution in [3.05, 3.63) is 18.0 Å². The molecule has 0 atom stereocenters. The Morgan fingerprint density at radius 1 is 1.35 bits per heavy atom. The Balaban J connectivity index is 0.00000243. The largest absolute Gasteiger partial charge is 0.383 e. The van der Waals surface area contributed by atoms with E-state index in [1.807, 2.05) is 4.90 Å². The monoisotopic (exact) mass is 406 g/mol. The summed E-state index contributed by atoms with van der Waals surface area (Å²) in [4.78, 5) is 17.3. The Labute approximate surface area is 160 Å². The highest BCUT2D eigenvalue weighted by Crippen LogP contribution is 2.37. The number of piperidine rings is 1. The predicted octanol–water partition coefficient (Wildman–Crippen LogP) is 0.577. The third-order valence-corrected chi connectivity index (χ3v) is 6.68. The van der Waals surface area contributed by atoms with Gasteiger partial charge in [0.1, 0.15) is 10.6 Å². The van der Waals surface area contributed by atoms with Crippen LogP contribution in [0.5, 0.6) is 0 Å². The average molecular weight is 407 g/mol. The van der Waals surface area contributed by atoms with Crippen LogP contribution in [0.15, 0.2) is 17.2 Å². The summed E-state index contributed by atoms with van der Waals surface area (Å²) < 4.78 is 31.6. The number of methoxy groups -OCH3 is 1. The molecule has 0 aromatic carbocycles. The van der Waals surface area contributed by atoms with Gasteiger partial charge in [-0.1, -0.05) is 0 Å². The number of nitrogens with zero attached hydrogens (tertiary/aromatic N) is 1. The highest BCUT2D eigenvalue weighted by Gasteiger charge is 2.38. The molecule has 3 N–H and O–H groups in total. The zero-order chi connectivity index (χ0) is 17.9. The minimum absolute atomic E-state index is 0. The zero-order valence-corrected chi connectivity index (χ0v) is 16.5. The SMILES string of the molecule is COCCNS(=O)(=O)c1c[nH]c(C(=O)N2CCC3(CCNC3)CC2)c1.Cl. The highest BCUT2D eigenvalue weighted by molar-refractivity contribution is 7.89. The second-order valence-electron chi connectivity index (χ2n) is 6.86. The minimum atomic E-state index is -3.63. The van der Waals surface area contributed by atoms with Gasteiger partial charge in [0.05, 0.1) is 6.61 Å². The number of amides is 1. The van der Waals surface area contributed by atoms with Gasteiger partial charge < -0.3 is 19.9 Å². The summed E-state index contributed by atoms with van der Waals surface area (Å²) in [6.07, 6.45) is 4.52. The molecule has 1 aromatic heterocycles. The van der Waals surface area contributed by atoms with Gasteiger partial charge in [-0.05, 0) is 37.3 Å². The summed E-state index contributed by atoms with van der Waals surface area (Å²) in [5.41, 5.74) is 0.652. The van der Waals surface area contributed by atoms with Crippen LogP contribution >= 0.6 is 12.4 Å². The van der Waals surface area contributed by atoms with Crippen molar-refractivity contribution < 1.29 is 17.9 Å². The molecule has 1 aromatic rings. The van der Waals surface area contributed by atoms with E-state index in [2.05, 4.69) is 15.0 Å². The van der Waals surface area contributed by atoms with Crippen molar-refractivity contribution in [2.45, 2.75) is 24.2 Å². The Morgan fingerprint density at radius 3 is 2.69 bits per heavy atom. The molecule has 0 radical (unpaired) electrons. The molecule has 10 heteroatoms. The van der Waals surface area contributed by atoms with E-state index in [1.165, 1.54) is 25.8 Å². The van der Waals surface area contributed by atoms with E-state index in [9.17, 15) is 13.2 Å². The molecule has 0 unspecified atom stereocenters. The molecule has 2 fully saturated rings. The standard InChI is InChI=1S/C16H26N4O4S.ClH/c1-24-9-6-19-25(22,23)13-10-14(18-11-13)15(21)20-7-3-16(4-8-20)2-5-17-12-16;/h10-11,17-19H,2-9,12H2,1H3;1H. The number of hydrogen-bond donors (Lipinski definition) is 3. The fourth-order valence-electron chi connectivity index (χ4n) is 3.59. The number of hydrogen-bond acceptors (Lipinski definition) is 5. The first-order chi connectivity index (χ1) is 12.0. The van der Waals surface area contributed by atoms with E-state index in [0.717, 1.165) is 25.9 Å². The van der Waals surface area contributed by atoms with Crippen LogP contribution in [-0.4, -0.2) is 70.6 Å². The van der Waals surface area contributed by atoms with Gasteiger partial charge in [-0.3, -0.25) is 4.79 Å². The van der Waals surface area contributed by atoms with Crippen LogP contribution < -0.4 is 10.0 Å². The first-order valence-corrected chi connectivity index (χ1v) is 10.1. The van der Waals surface area contributed by atoms with Crippen LogP contribution in [0, 0.1) is 5.41 Å². The first-order valence-electron chi connectivity index (χ1n) is 8.63. The van der Waals surface area contributed by atoms with Crippen molar-refractivity contribution in [2.75, 3.05) is 46.4 Å². The van der Waals surface area contributed by atoms with Crippen LogP contribution in [0.3, 0.4) is 0 Å². The number of nitrogens with one attached hydrogen (secondary N) is 3. The lowest BCUT2D eigenvalue weighted by Gasteiger charge is -2.38. The number of likely N-dealkylation sites (tertiary alicyclic amines) is 1. The highest BCUT2D eigenvalue weighted by atomic mass is 35.5. The number of aromatic amines is 1. The van der Waals surface area contributed by atoms with Crippen molar-refractivity contribution in [2.24, 2.45) is 5.41 Å². The van der Waals surface area contributed by atoms with E-state index in [4.69, 9.17) is 4.74 Å². The fraction of sp³-hybridized carbons (Fsp3) is 0.688. The maximum atomic E-state index is 12.6. The smallest absolute Gasteiger partial charge is 0.270 e. The lowest BCUT2D eigenvalue weighted by Crippen LogP contribution is -2.44. The molecule has 148 valence electrons.